The van der Waals surface area contributed by atoms with Crippen molar-refractivity contribution < 1.29 is 14.9 Å². The molecule has 0 unspecified atom stereocenters. The maximum atomic E-state index is 9.58. The van der Waals surface area contributed by atoms with Crippen molar-refractivity contribution in [1.82, 2.24) is 0 Å². The smallest absolute Gasteiger partial charge is 0.125 e. The van der Waals surface area contributed by atoms with E-state index < -0.39 is 6.10 Å². The van der Waals surface area contributed by atoms with Crippen molar-refractivity contribution in [3.8, 4) is 11.5 Å². The number of aliphatic hydroxyl groups excluding tert-OH is 1. The quantitative estimate of drug-likeness (QED) is 0.666. The third-order valence-electron chi connectivity index (χ3n) is 2.04. The monoisotopic (exact) mass is 197 g/mol. The Bertz CT molecular complexity index is 301. The molecule has 0 amide bonds. The van der Waals surface area contributed by atoms with Gasteiger partial charge in [0.25, 0.3) is 0 Å². The zero-order valence-electron chi connectivity index (χ0n) is 8.10. The van der Waals surface area contributed by atoms with E-state index in [1.54, 1.807) is 12.1 Å². The number of nitrogens with two attached hydrogens (primary N) is 1. The molecule has 1 rings (SSSR count). The molecule has 4 heteroatoms. The highest BCUT2D eigenvalue weighted by molar-refractivity contribution is 5.40. The summed E-state index contributed by atoms with van der Waals surface area (Å²) in [6.07, 6.45) is -0.286. The number of aliphatic hydroxyl groups is 1. The fraction of sp³-hybridized carbons (Fsp3) is 0.400. The van der Waals surface area contributed by atoms with Gasteiger partial charge in [0.2, 0.25) is 0 Å². The zero-order valence-corrected chi connectivity index (χ0v) is 8.10. The summed E-state index contributed by atoms with van der Waals surface area (Å²) in [7, 11) is 1.52. The SMILES string of the molecule is COc1ccc([C@H](O)CCN)c(O)c1. The van der Waals surface area contributed by atoms with Gasteiger partial charge in [-0.1, -0.05) is 0 Å². The molecular weight excluding hydrogens is 182 g/mol. The summed E-state index contributed by atoms with van der Waals surface area (Å²) < 4.78 is 4.92. The molecule has 0 saturated heterocycles. The zero-order chi connectivity index (χ0) is 10.6. The third-order valence-corrected chi connectivity index (χ3v) is 2.04. The molecule has 0 saturated carbocycles. The number of hydrogen-bond acceptors (Lipinski definition) is 4. The van der Waals surface area contributed by atoms with E-state index >= 15 is 0 Å². The van der Waals surface area contributed by atoms with E-state index in [1.165, 1.54) is 13.2 Å². The second kappa shape index (κ2) is 4.83. The van der Waals surface area contributed by atoms with Crippen LogP contribution in [0.1, 0.15) is 18.1 Å². The molecule has 0 spiro atoms. The summed E-state index contributed by atoms with van der Waals surface area (Å²) in [4.78, 5) is 0. The van der Waals surface area contributed by atoms with Crippen molar-refractivity contribution in [2.24, 2.45) is 5.73 Å². The summed E-state index contributed by atoms with van der Waals surface area (Å²) in [5.74, 6) is 0.594. The maximum absolute atomic E-state index is 9.58. The number of rotatable bonds is 4. The highest BCUT2D eigenvalue weighted by Gasteiger charge is 2.11. The predicted molar refractivity (Wildman–Crippen MR) is 53.3 cm³/mol. The van der Waals surface area contributed by atoms with Crippen LogP contribution in [0.2, 0.25) is 0 Å². The van der Waals surface area contributed by atoms with Crippen molar-refractivity contribution in [2.45, 2.75) is 12.5 Å². The average molecular weight is 197 g/mol. The standard InChI is InChI=1S/C10H15NO3/c1-14-7-2-3-8(10(13)6-7)9(12)4-5-11/h2-3,6,9,12-13H,4-5,11H2,1H3/t9-/m1/s1. The van der Waals surface area contributed by atoms with Crippen LogP contribution in [0, 0.1) is 0 Å². The van der Waals surface area contributed by atoms with Gasteiger partial charge in [-0.15, -0.1) is 0 Å². The van der Waals surface area contributed by atoms with Gasteiger partial charge in [-0.05, 0) is 25.1 Å². The molecule has 14 heavy (non-hydrogen) atoms. The normalized spacial score (nSPS) is 12.5. The summed E-state index contributed by atoms with van der Waals surface area (Å²) >= 11 is 0. The summed E-state index contributed by atoms with van der Waals surface area (Å²) in [5.41, 5.74) is 5.79. The Morgan fingerprint density at radius 1 is 1.50 bits per heavy atom. The van der Waals surface area contributed by atoms with Crippen molar-refractivity contribution >= 4 is 0 Å². The number of ether oxygens (including phenoxy) is 1. The number of phenolic OH excluding ortho intramolecular Hbond substituents is 1. The molecular formula is C10H15NO3. The molecule has 0 aliphatic rings. The molecule has 0 aliphatic heterocycles. The van der Waals surface area contributed by atoms with Gasteiger partial charge < -0.3 is 20.7 Å². The van der Waals surface area contributed by atoms with E-state index in [0.717, 1.165) is 0 Å². The topological polar surface area (TPSA) is 75.7 Å². The largest absolute Gasteiger partial charge is 0.507 e. The van der Waals surface area contributed by atoms with Crippen LogP contribution >= 0.6 is 0 Å². The van der Waals surface area contributed by atoms with Crippen LogP contribution in [-0.4, -0.2) is 23.9 Å². The second-order valence-corrected chi connectivity index (χ2v) is 3.02. The fourth-order valence-electron chi connectivity index (χ4n) is 1.25. The molecule has 4 nitrogen and oxygen atoms in total. The first kappa shape index (κ1) is 10.8. The van der Waals surface area contributed by atoms with Crippen molar-refractivity contribution in [1.29, 1.82) is 0 Å². The lowest BCUT2D eigenvalue weighted by molar-refractivity contribution is 0.166. The Kier molecular flexibility index (Phi) is 3.73. The molecule has 0 radical (unpaired) electrons. The van der Waals surface area contributed by atoms with Gasteiger partial charge in [-0.3, -0.25) is 0 Å². The van der Waals surface area contributed by atoms with E-state index in [-0.39, 0.29) is 5.75 Å². The van der Waals surface area contributed by atoms with Crippen molar-refractivity contribution in [2.75, 3.05) is 13.7 Å². The molecule has 1 atom stereocenters. The van der Waals surface area contributed by atoms with Crippen LogP contribution in [0.3, 0.4) is 0 Å². The Labute approximate surface area is 82.9 Å². The van der Waals surface area contributed by atoms with Gasteiger partial charge in [0, 0.05) is 11.6 Å². The highest BCUT2D eigenvalue weighted by atomic mass is 16.5. The molecule has 0 aromatic heterocycles. The van der Waals surface area contributed by atoms with Gasteiger partial charge >= 0.3 is 0 Å². The third kappa shape index (κ3) is 2.37. The first-order valence-electron chi connectivity index (χ1n) is 4.44. The van der Waals surface area contributed by atoms with Gasteiger partial charge in [-0.25, -0.2) is 0 Å². The Morgan fingerprint density at radius 2 is 2.21 bits per heavy atom. The number of methoxy groups -OCH3 is 1. The maximum Gasteiger partial charge on any atom is 0.125 e. The van der Waals surface area contributed by atoms with Gasteiger partial charge in [-0.2, -0.15) is 0 Å². The minimum atomic E-state index is -0.717. The molecule has 78 valence electrons. The lowest BCUT2D eigenvalue weighted by Crippen LogP contribution is -2.06. The average Bonchev–Trinajstić information content (AvgIpc) is 2.17. The highest BCUT2D eigenvalue weighted by Crippen LogP contribution is 2.29. The Balaban J connectivity index is 2.88. The first-order chi connectivity index (χ1) is 6.69. The predicted octanol–water partition coefficient (Wildman–Crippen LogP) is 0.783. The number of benzene rings is 1. The van der Waals surface area contributed by atoms with Crippen molar-refractivity contribution in [3.05, 3.63) is 23.8 Å². The summed E-state index contributed by atoms with van der Waals surface area (Å²) in [5, 5.41) is 19.1. The molecule has 0 heterocycles. The van der Waals surface area contributed by atoms with Crippen LogP contribution in [0.4, 0.5) is 0 Å². The lowest BCUT2D eigenvalue weighted by Gasteiger charge is -2.12. The number of aromatic hydroxyl groups is 1. The van der Waals surface area contributed by atoms with Crippen LogP contribution < -0.4 is 10.5 Å². The molecule has 4 N–H and O–H groups in total. The second-order valence-electron chi connectivity index (χ2n) is 3.02. The van der Waals surface area contributed by atoms with Crippen LogP contribution in [-0.2, 0) is 0 Å². The van der Waals surface area contributed by atoms with Crippen LogP contribution in [0.5, 0.6) is 11.5 Å². The van der Waals surface area contributed by atoms with E-state index in [9.17, 15) is 10.2 Å². The van der Waals surface area contributed by atoms with Crippen LogP contribution in [0.15, 0.2) is 18.2 Å². The van der Waals surface area contributed by atoms with E-state index in [2.05, 4.69) is 0 Å². The molecule has 1 aromatic carbocycles. The molecule has 0 fully saturated rings. The van der Waals surface area contributed by atoms with Gasteiger partial charge in [0.1, 0.15) is 11.5 Å². The number of hydrogen-bond donors (Lipinski definition) is 3. The summed E-state index contributed by atoms with van der Waals surface area (Å²) in [6.45, 7) is 0.382. The lowest BCUT2D eigenvalue weighted by atomic mass is 10.1. The van der Waals surface area contributed by atoms with Gasteiger partial charge in [0.15, 0.2) is 0 Å². The van der Waals surface area contributed by atoms with E-state index in [1.807, 2.05) is 0 Å². The minimum absolute atomic E-state index is 0.0327. The minimum Gasteiger partial charge on any atom is -0.507 e. The first-order valence-corrected chi connectivity index (χ1v) is 4.44. The summed E-state index contributed by atoms with van der Waals surface area (Å²) in [6, 6.07) is 4.79. The number of phenols is 1. The van der Waals surface area contributed by atoms with Gasteiger partial charge in [0.05, 0.1) is 13.2 Å². The Morgan fingerprint density at radius 3 is 2.71 bits per heavy atom. The Hall–Kier alpha value is -1.26. The van der Waals surface area contributed by atoms with Crippen molar-refractivity contribution in [3.63, 3.8) is 0 Å². The molecule has 0 bridgehead atoms. The van der Waals surface area contributed by atoms with E-state index in [4.69, 9.17) is 10.5 Å². The fourth-order valence-corrected chi connectivity index (χ4v) is 1.25. The molecule has 0 aliphatic carbocycles. The van der Waals surface area contributed by atoms with Crippen LogP contribution in [0.25, 0.3) is 0 Å². The molecule has 1 aromatic rings. The van der Waals surface area contributed by atoms with E-state index in [0.29, 0.717) is 24.3 Å².